The van der Waals surface area contributed by atoms with Crippen LogP contribution < -0.4 is 0 Å². The molecule has 106 valence electrons. The molecule has 0 aliphatic heterocycles. The topological polar surface area (TPSA) is 76.2 Å². The van der Waals surface area contributed by atoms with Gasteiger partial charge in [0.05, 0.1) is 21.8 Å². The fourth-order valence-electron chi connectivity index (χ4n) is 2.36. The van der Waals surface area contributed by atoms with E-state index in [2.05, 4.69) is 10.1 Å². The molecule has 0 unspecified atom stereocenters. The SMILES string of the molecule is Cc1noc(C)c1-c1ccc2c(Cl)c(C(=O)O)cnc2c1. The molecule has 0 bridgehead atoms. The highest BCUT2D eigenvalue weighted by Gasteiger charge is 2.15. The number of aryl methyl sites for hydroxylation is 2. The van der Waals surface area contributed by atoms with Gasteiger partial charge >= 0.3 is 5.97 Å². The Balaban J connectivity index is 2.23. The van der Waals surface area contributed by atoms with E-state index in [-0.39, 0.29) is 10.6 Å². The third-order valence-electron chi connectivity index (χ3n) is 3.36. The van der Waals surface area contributed by atoms with Gasteiger partial charge in [-0.2, -0.15) is 0 Å². The number of pyridine rings is 1. The molecule has 2 aromatic heterocycles. The van der Waals surface area contributed by atoms with E-state index in [1.165, 1.54) is 6.20 Å². The second kappa shape index (κ2) is 4.86. The molecule has 3 rings (SSSR count). The maximum atomic E-state index is 11.1. The van der Waals surface area contributed by atoms with Gasteiger partial charge in [-0.15, -0.1) is 0 Å². The lowest BCUT2D eigenvalue weighted by Crippen LogP contribution is -1.99. The van der Waals surface area contributed by atoms with Crippen molar-refractivity contribution in [3.8, 4) is 11.1 Å². The van der Waals surface area contributed by atoms with E-state index in [0.29, 0.717) is 10.9 Å². The van der Waals surface area contributed by atoms with Crippen molar-refractivity contribution < 1.29 is 14.4 Å². The number of aromatic nitrogens is 2. The molecule has 21 heavy (non-hydrogen) atoms. The average Bonchev–Trinajstić information content (AvgIpc) is 2.77. The number of halogens is 1. The van der Waals surface area contributed by atoms with Gasteiger partial charge in [0, 0.05) is 17.1 Å². The average molecular weight is 303 g/mol. The number of carbonyl (C=O) groups is 1. The van der Waals surface area contributed by atoms with Gasteiger partial charge in [-0.25, -0.2) is 4.79 Å². The lowest BCUT2D eigenvalue weighted by molar-refractivity contribution is 0.0697. The van der Waals surface area contributed by atoms with Crippen molar-refractivity contribution in [1.82, 2.24) is 10.1 Å². The van der Waals surface area contributed by atoms with Gasteiger partial charge in [-0.05, 0) is 25.5 Å². The zero-order valence-electron chi connectivity index (χ0n) is 11.3. The molecule has 0 fully saturated rings. The van der Waals surface area contributed by atoms with Crippen LogP contribution in [0.1, 0.15) is 21.8 Å². The summed E-state index contributed by atoms with van der Waals surface area (Å²) in [7, 11) is 0. The number of nitrogens with zero attached hydrogens (tertiary/aromatic N) is 2. The molecule has 0 radical (unpaired) electrons. The standard InChI is InChI=1S/C15H11ClN2O3/c1-7-13(8(2)21-18-7)9-3-4-10-12(5-9)17-6-11(14(10)16)15(19)20/h3-6H,1-2H3,(H,19,20). The van der Waals surface area contributed by atoms with Crippen LogP contribution in [0.3, 0.4) is 0 Å². The van der Waals surface area contributed by atoms with Gasteiger partial charge in [-0.3, -0.25) is 4.98 Å². The van der Waals surface area contributed by atoms with Crippen LogP contribution in [0.5, 0.6) is 0 Å². The smallest absolute Gasteiger partial charge is 0.338 e. The monoisotopic (exact) mass is 302 g/mol. The molecule has 0 amide bonds. The lowest BCUT2D eigenvalue weighted by Gasteiger charge is -2.06. The highest BCUT2D eigenvalue weighted by Crippen LogP contribution is 2.32. The Morgan fingerprint density at radius 3 is 2.71 bits per heavy atom. The van der Waals surface area contributed by atoms with E-state index in [9.17, 15) is 4.79 Å². The van der Waals surface area contributed by atoms with Crippen molar-refractivity contribution in [1.29, 1.82) is 0 Å². The molecule has 5 nitrogen and oxygen atoms in total. The Morgan fingerprint density at radius 2 is 2.10 bits per heavy atom. The Morgan fingerprint density at radius 1 is 1.33 bits per heavy atom. The van der Waals surface area contributed by atoms with E-state index in [0.717, 1.165) is 22.6 Å². The summed E-state index contributed by atoms with van der Waals surface area (Å²) in [6.45, 7) is 3.71. The first kappa shape index (κ1) is 13.6. The maximum absolute atomic E-state index is 11.1. The van der Waals surface area contributed by atoms with E-state index in [4.69, 9.17) is 21.2 Å². The molecular formula is C15H11ClN2O3. The van der Waals surface area contributed by atoms with Crippen LogP contribution in [0.2, 0.25) is 5.02 Å². The lowest BCUT2D eigenvalue weighted by atomic mass is 10.0. The van der Waals surface area contributed by atoms with E-state index in [1.807, 2.05) is 26.0 Å². The third kappa shape index (κ3) is 2.15. The number of carboxylic acids is 1. The maximum Gasteiger partial charge on any atom is 0.338 e. The van der Waals surface area contributed by atoms with Crippen molar-refractivity contribution >= 4 is 28.5 Å². The van der Waals surface area contributed by atoms with E-state index in [1.54, 1.807) is 6.07 Å². The summed E-state index contributed by atoms with van der Waals surface area (Å²) in [5.74, 6) is -0.371. The number of hydrogen-bond acceptors (Lipinski definition) is 4. The first-order valence-electron chi connectivity index (χ1n) is 6.24. The molecule has 0 saturated carbocycles. The molecule has 1 aromatic carbocycles. The molecule has 2 heterocycles. The van der Waals surface area contributed by atoms with Crippen LogP contribution in [0.25, 0.3) is 22.0 Å². The first-order chi connectivity index (χ1) is 9.99. The highest BCUT2D eigenvalue weighted by atomic mass is 35.5. The molecule has 0 aliphatic rings. The highest BCUT2D eigenvalue weighted by molar-refractivity contribution is 6.38. The Hall–Kier alpha value is -2.40. The van der Waals surface area contributed by atoms with E-state index < -0.39 is 5.97 Å². The van der Waals surface area contributed by atoms with Crippen LogP contribution in [0.4, 0.5) is 0 Å². The van der Waals surface area contributed by atoms with Crippen LogP contribution in [-0.2, 0) is 0 Å². The Kier molecular flexibility index (Phi) is 3.14. The number of carboxylic acid groups (broad SMARTS) is 1. The van der Waals surface area contributed by atoms with Crippen molar-refractivity contribution in [2.45, 2.75) is 13.8 Å². The quantitative estimate of drug-likeness (QED) is 0.778. The second-order valence-electron chi connectivity index (χ2n) is 4.72. The van der Waals surface area contributed by atoms with E-state index >= 15 is 0 Å². The van der Waals surface area contributed by atoms with Gasteiger partial charge in [-0.1, -0.05) is 28.9 Å². The summed E-state index contributed by atoms with van der Waals surface area (Å²) in [6.07, 6.45) is 1.27. The summed E-state index contributed by atoms with van der Waals surface area (Å²) < 4.78 is 5.16. The molecule has 0 aliphatic carbocycles. The first-order valence-corrected chi connectivity index (χ1v) is 6.61. The van der Waals surface area contributed by atoms with Crippen LogP contribution in [0.15, 0.2) is 28.9 Å². The van der Waals surface area contributed by atoms with Gasteiger partial charge in [0.2, 0.25) is 0 Å². The van der Waals surface area contributed by atoms with Gasteiger partial charge < -0.3 is 9.63 Å². The van der Waals surface area contributed by atoms with Crippen molar-refractivity contribution in [3.63, 3.8) is 0 Å². The van der Waals surface area contributed by atoms with Crippen molar-refractivity contribution in [2.24, 2.45) is 0 Å². The van der Waals surface area contributed by atoms with Gasteiger partial charge in [0.15, 0.2) is 0 Å². The fourth-order valence-corrected chi connectivity index (χ4v) is 2.65. The van der Waals surface area contributed by atoms with Crippen LogP contribution in [-0.4, -0.2) is 21.2 Å². The Labute approximate surface area is 125 Å². The molecular weight excluding hydrogens is 292 g/mol. The minimum atomic E-state index is -1.09. The molecule has 3 aromatic rings. The van der Waals surface area contributed by atoms with Gasteiger partial charge in [0.25, 0.3) is 0 Å². The predicted octanol–water partition coefficient (Wildman–Crippen LogP) is 3.86. The fraction of sp³-hybridized carbons (Fsp3) is 0.133. The van der Waals surface area contributed by atoms with Crippen molar-refractivity contribution in [3.05, 3.63) is 46.4 Å². The molecule has 6 heteroatoms. The van der Waals surface area contributed by atoms with Crippen molar-refractivity contribution in [2.75, 3.05) is 0 Å². The summed E-state index contributed by atoms with van der Waals surface area (Å²) in [5, 5.41) is 13.8. The zero-order chi connectivity index (χ0) is 15.1. The number of fused-ring (bicyclic) bond motifs is 1. The number of hydrogen-bond donors (Lipinski definition) is 1. The minimum Gasteiger partial charge on any atom is -0.478 e. The third-order valence-corrected chi connectivity index (χ3v) is 3.76. The normalized spacial score (nSPS) is 11.0. The largest absolute Gasteiger partial charge is 0.478 e. The molecule has 0 saturated heterocycles. The number of rotatable bonds is 2. The summed E-state index contributed by atoms with van der Waals surface area (Å²) in [5.41, 5.74) is 3.24. The van der Waals surface area contributed by atoms with Gasteiger partial charge in [0.1, 0.15) is 5.76 Å². The zero-order valence-corrected chi connectivity index (χ0v) is 12.1. The number of aromatic carboxylic acids is 1. The second-order valence-corrected chi connectivity index (χ2v) is 5.10. The summed E-state index contributed by atoms with van der Waals surface area (Å²) in [6, 6.07) is 5.46. The predicted molar refractivity (Wildman–Crippen MR) is 78.7 cm³/mol. The molecule has 0 spiro atoms. The van der Waals surface area contributed by atoms with Crippen LogP contribution in [0, 0.1) is 13.8 Å². The van der Waals surface area contributed by atoms with Crippen LogP contribution >= 0.6 is 11.6 Å². The molecule has 1 N–H and O–H groups in total. The summed E-state index contributed by atoms with van der Waals surface area (Å²) >= 11 is 6.12. The minimum absolute atomic E-state index is 0.00532. The molecule has 0 atom stereocenters. The number of benzene rings is 1. The Bertz CT molecular complexity index is 851. The summed E-state index contributed by atoms with van der Waals surface area (Å²) in [4.78, 5) is 15.2.